The molecular weight excluding hydrogens is 198 g/mol. The first-order valence-electron chi connectivity index (χ1n) is 5.63. The highest BCUT2D eigenvalue weighted by atomic mass is 28.1. The van der Waals surface area contributed by atoms with Crippen molar-refractivity contribution in [3.05, 3.63) is 29.3 Å². The molecule has 0 heterocycles. The molecule has 0 fully saturated rings. The van der Waals surface area contributed by atoms with E-state index in [1.54, 1.807) is 0 Å². The van der Waals surface area contributed by atoms with Gasteiger partial charge in [0.2, 0.25) is 0 Å². The fraction of sp³-hybridized carbons (Fsp3) is 0.538. The second kappa shape index (κ2) is 5.47. The summed E-state index contributed by atoms with van der Waals surface area (Å²) in [6.07, 6.45) is 1.12. The molecule has 0 aliphatic carbocycles. The van der Waals surface area contributed by atoms with E-state index in [2.05, 4.69) is 54.5 Å². The normalized spacial score (nSPS) is 13.2. The van der Waals surface area contributed by atoms with Gasteiger partial charge >= 0.3 is 0 Å². The second-order valence-electron chi connectivity index (χ2n) is 4.21. The van der Waals surface area contributed by atoms with E-state index in [1.807, 2.05) is 7.05 Å². The lowest BCUT2D eigenvalue weighted by molar-refractivity contribution is 0.568. The first-order chi connectivity index (χ1) is 7.11. The van der Waals surface area contributed by atoms with Crippen molar-refractivity contribution in [1.82, 2.24) is 5.32 Å². The fourth-order valence-electron chi connectivity index (χ4n) is 2.11. The number of benzene rings is 1. The third-order valence-corrected chi connectivity index (χ3v) is 3.29. The average molecular weight is 218 g/mol. The second-order valence-corrected chi connectivity index (χ2v) is 4.75. The maximum Gasteiger partial charge on any atom is 0.0716 e. The van der Waals surface area contributed by atoms with E-state index >= 15 is 0 Å². The molecule has 1 unspecified atom stereocenters. The topological polar surface area (TPSA) is 12.0 Å². The molecule has 1 atom stereocenters. The van der Waals surface area contributed by atoms with Crippen molar-refractivity contribution in [2.45, 2.75) is 39.2 Å². The maximum absolute atomic E-state index is 3.70. The quantitative estimate of drug-likeness (QED) is 0.765. The molecule has 0 aliphatic rings. The lowest BCUT2D eigenvalue weighted by Gasteiger charge is -2.22. The van der Waals surface area contributed by atoms with Crippen LogP contribution in [0.2, 0.25) is 0 Å². The first kappa shape index (κ1) is 12.5. The molecule has 0 amide bonds. The van der Waals surface area contributed by atoms with Crippen LogP contribution in [0, 0.1) is 0 Å². The molecule has 1 aromatic rings. The van der Waals surface area contributed by atoms with Crippen molar-refractivity contribution < 1.29 is 0 Å². The average Bonchev–Trinajstić information content (AvgIpc) is 2.19. The monoisotopic (exact) mass is 218 g/mol. The number of rotatable bonds is 4. The molecule has 1 aromatic carbocycles. The van der Waals surface area contributed by atoms with Gasteiger partial charge in [0.05, 0.1) is 10.2 Å². The third-order valence-electron chi connectivity index (χ3n) is 2.85. The zero-order chi connectivity index (χ0) is 11.4. The molecule has 0 aliphatic heterocycles. The van der Waals surface area contributed by atoms with Gasteiger partial charge in [0.15, 0.2) is 0 Å². The van der Waals surface area contributed by atoms with Gasteiger partial charge in [0.25, 0.3) is 0 Å². The lowest BCUT2D eigenvalue weighted by atomic mass is 9.91. The number of hydrogen-bond donors (Lipinski definition) is 1. The Morgan fingerprint density at radius 3 is 2.47 bits per heavy atom. The molecule has 3 radical (unpaired) electrons. The van der Waals surface area contributed by atoms with Crippen molar-refractivity contribution in [2.24, 2.45) is 0 Å². The van der Waals surface area contributed by atoms with Gasteiger partial charge in [0, 0.05) is 6.04 Å². The SMILES string of the molecule is CCC(NC)c1cccc([Si])c1C(C)C. The van der Waals surface area contributed by atoms with Crippen LogP contribution in [0.15, 0.2) is 18.2 Å². The molecule has 2 heteroatoms. The molecule has 81 valence electrons. The van der Waals surface area contributed by atoms with Crippen LogP contribution in [-0.2, 0) is 0 Å². The van der Waals surface area contributed by atoms with Gasteiger partial charge in [0.1, 0.15) is 0 Å². The highest BCUT2D eigenvalue weighted by Gasteiger charge is 2.15. The van der Waals surface area contributed by atoms with Crippen molar-refractivity contribution in [3.8, 4) is 0 Å². The molecule has 0 bridgehead atoms. The minimum Gasteiger partial charge on any atom is -0.313 e. The van der Waals surface area contributed by atoms with E-state index < -0.39 is 0 Å². The predicted octanol–water partition coefficient (Wildman–Crippen LogP) is 2.27. The highest BCUT2D eigenvalue weighted by Crippen LogP contribution is 2.24. The molecule has 0 saturated carbocycles. The molecule has 0 aromatic heterocycles. The Hall–Kier alpha value is -0.603. The van der Waals surface area contributed by atoms with Gasteiger partial charge in [-0.2, -0.15) is 0 Å². The summed E-state index contributed by atoms with van der Waals surface area (Å²) >= 11 is 0. The summed E-state index contributed by atoms with van der Waals surface area (Å²) in [7, 11) is 5.73. The smallest absolute Gasteiger partial charge is 0.0716 e. The standard InChI is InChI=1S/C13H20NSi/c1-5-11(14-4)10-7-6-8-12(15)13(10)9(2)3/h6-9,11,14H,5H2,1-4H3. The summed E-state index contributed by atoms with van der Waals surface area (Å²) in [5.74, 6) is 0.552. The summed E-state index contributed by atoms with van der Waals surface area (Å²) < 4.78 is 0. The van der Waals surface area contributed by atoms with Crippen LogP contribution in [0.5, 0.6) is 0 Å². The minimum absolute atomic E-state index is 0.457. The zero-order valence-electron chi connectivity index (χ0n) is 10.1. The van der Waals surface area contributed by atoms with Crippen molar-refractivity contribution in [2.75, 3.05) is 7.05 Å². The Labute approximate surface area is 96.7 Å². The van der Waals surface area contributed by atoms with Gasteiger partial charge in [-0.1, -0.05) is 44.2 Å². The van der Waals surface area contributed by atoms with Crippen LogP contribution in [0.25, 0.3) is 0 Å². The Kier molecular flexibility index (Phi) is 4.55. The van der Waals surface area contributed by atoms with E-state index in [0.717, 1.165) is 6.42 Å². The van der Waals surface area contributed by atoms with Gasteiger partial charge in [-0.15, -0.1) is 0 Å². The molecule has 1 nitrogen and oxygen atoms in total. The first-order valence-corrected chi connectivity index (χ1v) is 6.13. The van der Waals surface area contributed by atoms with E-state index in [4.69, 9.17) is 0 Å². The van der Waals surface area contributed by atoms with Crippen LogP contribution in [0.4, 0.5) is 0 Å². The predicted molar refractivity (Wildman–Crippen MR) is 68.0 cm³/mol. The summed E-state index contributed by atoms with van der Waals surface area (Å²) in [4.78, 5) is 0. The molecule has 1 rings (SSSR count). The van der Waals surface area contributed by atoms with Gasteiger partial charge < -0.3 is 5.32 Å². The van der Waals surface area contributed by atoms with Gasteiger partial charge in [-0.3, -0.25) is 0 Å². The van der Waals surface area contributed by atoms with Crippen LogP contribution in [0.1, 0.15) is 50.3 Å². The summed E-state index contributed by atoms with van der Waals surface area (Å²) in [6.45, 7) is 6.70. The van der Waals surface area contributed by atoms with Crippen LogP contribution >= 0.6 is 0 Å². The Morgan fingerprint density at radius 2 is 2.00 bits per heavy atom. The van der Waals surface area contributed by atoms with Crippen LogP contribution in [0.3, 0.4) is 0 Å². The molecule has 15 heavy (non-hydrogen) atoms. The summed E-state index contributed by atoms with van der Waals surface area (Å²) in [6, 6.07) is 6.92. The van der Waals surface area contributed by atoms with Gasteiger partial charge in [-0.25, -0.2) is 0 Å². The molecule has 0 saturated heterocycles. The van der Waals surface area contributed by atoms with Crippen molar-refractivity contribution in [3.63, 3.8) is 0 Å². The van der Waals surface area contributed by atoms with Crippen molar-refractivity contribution >= 4 is 15.4 Å². The van der Waals surface area contributed by atoms with E-state index in [-0.39, 0.29) is 0 Å². The van der Waals surface area contributed by atoms with E-state index in [9.17, 15) is 0 Å². The van der Waals surface area contributed by atoms with Crippen LogP contribution in [-0.4, -0.2) is 17.3 Å². The fourth-order valence-corrected chi connectivity index (χ4v) is 2.64. The lowest BCUT2D eigenvalue weighted by Crippen LogP contribution is -2.22. The van der Waals surface area contributed by atoms with E-state index in [1.165, 1.54) is 16.3 Å². The molecule has 0 spiro atoms. The summed E-state index contributed by atoms with van der Waals surface area (Å²) in [5, 5.41) is 4.59. The number of hydrogen-bond acceptors (Lipinski definition) is 1. The highest BCUT2D eigenvalue weighted by molar-refractivity contribution is 6.33. The molecular formula is C13H20NSi. The van der Waals surface area contributed by atoms with E-state index in [0.29, 0.717) is 12.0 Å². The maximum atomic E-state index is 3.70. The van der Waals surface area contributed by atoms with Crippen LogP contribution < -0.4 is 10.5 Å². The third kappa shape index (κ3) is 2.70. The largest absolute Gasteiger partial charge is 0.313 e. The zero-order valence-corrected chi connectivity index (χ0v) is 11.1. The Morgan fingerprint density at radius 1 is 1.33 bits per heavy atom. The summed E-state index contributed by atoms with van der Waals surface area (Å²) in [5.41, 5.74) is 2.85. The number of nitrogens with one attached hydrogen (secondary N) is 1. The molecule has 1 N–H and O–H groups in total. The van der Waals surface area contributed by atoms with Crippen molar-refractivity contribution in [1.29, 1.82) is 0 Å². The van der Waals surface area contributed by atoms with Gasteiger partial charge in [-0.05, 0) is 30.5 Å². The Balaban J connectivity index is 3.21. The minimum atomic E-state index is 0.457. The Bertz CT molecular complexity index is 316.